The van der Waals surface area contributed by atoms with E-state index in [1.165, 1.54) is 34.8 Å². The van der Waals surface area contributed by atoms with Gasteiger partial charge in [-0.2, -0.15) is 4.99 Å². The average Bonchev–Trinajstić information content (AvgIpc) is 3.13. The van der Waals surface area contributed by atoms with E-state index >= 15 is 0 Å². The molecule has 0 atom stereocenters. The summed E-state index contributed by atoms with van der Waals surface area (Å²) in [4.78, 5) is 28.4. The maximum absolute atomic E-state index is 12.1. The minimum absolute atomic E-state index is 0.0361. The van der Waals surface area contributed by atoms with Gasteiger partial charge in [0.1, 0.15) is 0 Å². The lowest BCUT2D eigenvalue weighted by molar-refractivity contribution is -0.384. The molecule has 8 heteroatoms. The zero-order chi connectivity index (χ0) is 16.4. The van der Waals surface area contributed by atoms with Crippen molar-refractivity contribution in [3.63, 3.8) is 0 Å². The fourth-order valence-corrected chi connectivity index (χ4v) is 4.06. The number of rotatable bonds is 4. The Hall–Kier alpha value is -2.32. The Bertz CT molecular complexity index is 939. The molecule has 118 valence electrons. The number of aryl methyl sites for hydroxylation is 1. The van der Waals surface area contributed by atoms with Gasteiger partial charge < -0.3 is 4.57 Å². The number of thiazole rings is 1. The van der Waals surface area contributed by atoms with Gasteiger partial charge in [0.05, 0.1) is 21.6 Å². The van der Waals surface area contributed by atoms with Gasteiger partial charge in [-0.3, -0.25) is 14.9 Å². The third-order valence-electron chi connectivity index (χ3n) is 3.32. The topological polar surface area (TPSA) is 77.5 Å². The molecule has 0 bridgehead atoms. The highest BCUT2D eigenvalue weighted by atomic mass is 32.1. The van der Waals surface area contributed by atoms with E-state index in [4.69, 9.17) is 0 Å². The summed E-state index contributed by atoms with van der Waals surface area (Å²) in [6.45, 7) is 2.51. The number of carbonyl (C=O) groups is 1. The summed E-state index contributed by atoms with van der Waals surface area (Å²) in [5.41, 5.74) is 0.767. The number of non-ortho nitro benzene ring substituents is 1. The molecule has 6 nitrogen and oxygen atoms in total. The number of amides is 1. The standard InChI is InChI=1S/C15H13N3O3S2/c1-2-17-12-8-10(18(20)21)5-6-13(12)23-15(17)16-14(19)9-11-4-3-7-22-11/h3-8H,2,9H2,1H3. The molecule has 1 amide bonds. The number of thiophene rings is 1. The van der Waals surface area contributed by atoms with Crippen LogP contribution in [0.1, 0.15) is 11.8 Å². The first-order valence-corrected chi connectivity index (χ1v) is 8.66. The maximum Gasteiger partial charge on any atom is 0.271 e. The van der Waals surface area contributed by atoms with E-state index in [1.54, 1.807) is 6.07 Å². The second-order valence-electron chi connectivity index (χ2n) is 4.80. The third kappa shape index (κ3) is 3.22. The first kappa shape index (κ1) is 15.6. The van der Waals surface area contributed by atoms with Crippen molar-refractivity contribution in [1.29, 1.82) is 0 Å². The van der Waals surface area contributed by atoms with Gasteiger partial charge in [-0.1, -0.05) is 17.4 Å². The Morgan fingerprint density at radius 1 is 1.39 bits per heavy atom. The van der Waals surface area contributed by atoms with Crippen LogP contribution in [0.5, 0.6) is 0 Å². The number of aromatic nitrogens is 1. The molecule has 2 heterocycles. The highest BCUT2D eigenvalue weighted by molar-refractivity contribution is 7.16. The molecular formula is C15H13N3O3S2. The Labute approximate surface area is 139 Å². The number of nitro benzene ring substituents is 1. The number of nitro groups is 1. The average molecular weight is 347 g/mol. The zero-order valence-electron chi connectivity index (χ0n) is 12.3. The van der Waals surface area contributed by atoms with Crippen molar-refractivity contribution in [2.24, 2.45) is 4.99 Å². The molecule has 0 unspecified atom stereocenters. The number of carbonyl (C=O) groups excluding carboxylic acids is 1. The molecule has 1 aromatic carbocycles. The number of nitrogens with zero attached hydrogens (tertiary/aromatic N) is 3. The number of fused-ring (bicyclic) bond motifs is 1. The second-order valence-corrected chi connectivity index (χ2v) is 6.84. The molecule has 0 saturated heterocycles. The molecule has 2 aromatic heterocycles. The molecule has 0 aliphatic rings. The van der Waals surface area contributed by atoms with Crippen molar-refractivity contribution >= 4 is 44.5 Å². The minimum atomic E-state index is -0.421. The van der Waals surface area contributed by atoms with E-state index in [-0.39, 0.29) is 18.0 Å². The van der Waals surface area contributed by atoms with Gasteiger partial charge in [-0.05, 0) is 24.4 Å². The molecule has 23 heavy (non-hydrogen) atoms. The molecule has 3 rings (SSSR count). The Kier molecular flexibility index (Phi) is 4.35. The van der Waals surface area contributed by atoms with Gasteiger partial charge in [0.25, 0.3) is 11.6 Å². The first-order valence-electron chi connectivity index (χ1n) is 6.96. The Balaban J connectivity index is 2.04. The number of hydrogen-bond donors (Lipinski definition) is 0. The Morgan fingerprint density at radius 3 is 2.87 bits per heavy atom. The van der Waals surface area contributed by atoms with Crippen LogP contribution in [0.3, 0.4) is 0 Å². The molecule has 3 aromatic rings. The monoisotopic (exact) mass is 347 g/mol. The number of benzene rings is 1. The van der Waals surface area contributed by atoms with Crippen LogP contribution in [-0.4, -0.2) is 15.4 Å². The van der Waals surface area contributed by atoms with Gasteiger partial charge in [-0.15, -0.1) is 11.3 Å². The van der Waals surface area contributed by atoms with E-state index < -0.39 is 4.92 Å². The molecule has 0 saturated carbocycles. The van der Waals surface area contributed by atoms with Gasteiger partial charge >= 0.3 is 0 Å². The molecule has 0 aliphatic heterocycles. The molecule has 0 radical (unpaired) electrons. The Morgan fingerprint density at radius 2 is 2.22 bits per heavy atom. The van der Waals surface area contributed by atoms with Gasteiger partial charge in [0, 0.05) is 23.6 Å². The van der Waals surface area contributed by atoms with E-state index in [1.807, 2.05) is 29.0 Å². The summed E-state index contributed by atoms with van der Waals surface area (Å²) in [5.74, 6) is -0.212. The summed E-state index contributed by atoms with van der Waals surface area (Å²) in [6, 6.07) is 8.50. The summed E-state index contributed by atoms with van der Waals surface area (Å²) < 4.78 is 2.71. The van der Waals surface area contributed by atoms with Crippen LogP contribution in [0.15, 0.2) is 40.7 Å². The van der Waals surface area contributed by atoms with Gasteiger partial charge in [0.15, 0.2) is 4.80 Å². The third-order valence-corrected chi connectivity index (χ3v) is 5.25. The quantitative estimate of drug-likeness (QED) is 0.536. The predicted octanol–water partition coefficient (Wildman–Crippen LogP) is 3.36. The summed E-state index contributed by atoms with van der Waals surface area (Å²) in [6.07, 6.45) is 0.274. The van der Waals surface area contributed by atoms with Crippen LogP contribution in [0.4, 0.5) is 5.69 Å². The highest BCUT2D eigenvalue weighted by Gasteiger charge is 2.12. The largest absolute Gasteiger partial charge is 0.316 e. The SMILES string of the molecule is CCn1c(=NC(=O)Cc2cccs2)sc2ccc([N+](=O)[O-])cc21. The van der Waals surface area contributed by atoms with Crippen molar-refractivity contribution in [2.45, 2.75) is 19.9 Å². The molecular weight excluding hydrogens is 334 g/mol. The van der Waals surface area contributed by atoms with Crippen molar-refractivity contribution in [3.8, 4) is 0 Å². The minimum Gasteiger partial charge on any atom is -0.316 e. The number of hydrogen-bond acceptors (Lipinski definition) is 5. The van der Waals surface area contributed by atoms with E-state index in [2.05, 4.69) is 4.99 Å². The van der Waals surface area contributed by atoms with Crippen LogP contribution < -0.4 is 4.80 Å². The normalized spacial score (nSPS) is 12.0. The van der Waals surface area contributed by atoms with Crippen molar-refractivity contribution in [3.05, 3.63) is 55.5 Å². The van der Waals surface area contributed by atoms with Crippen LogP contribution in [0, 0.1) is 10.1 Å². The fraction of sp³-hybridized carbons (Fsp3) is 0.200. The van der Waals surface area contributed by atoms with Crippen molar-refractivity contribution < 1.29 is 9.72 Å². The van der Waals surface area contributed by atoms with Crippen LogP contribution in [0.25, 0.3) is 10.2 Å². The smallest absolute Gasteiger partial charge is 0.271 e. The molecule has 0 fully saturated rings. The van der Waals surface area contributed by atoms with Crippen LogP contribution >= 0.6 is 22.7 Å². The van der Waals surface area contributed by atoms with Gasteiger partial charge in [0.2, 0.25) is 0 Å². The van der Waals surface area contributed by atoms with E-state index in [0.29, 0.717) is 11.3 Å². The first-order chi connectivity index (χ1) is 11.1. The summed E-state index contributed by atoms with van der Waals surface area (Å²) in [5, 5.41) is 12.9. The zero-order valence-corrected chi connectivity index (χ0v) is 13.9. The fourth-order valence-electron chi connectivity index (χ4n) is 2.27. The van der Waals surface area contributed by atoms with Gasteiger partial charge in [-0.25, -0.2) is 0 Å². The summed E-state index contributed by atoms with van der Waals surface area (Å²) in [7, 11) is 0. The van der Waals surface area contributed by atoms with E-state index in [9.17, 15) is 14.9 Å². The van der Waals surface area contributed by atoms with E-state index in [0.717, 1.165) is 15.1 Å². The van der Waals surface area contributed by atoms with Crippen LogP contribution in [-0.2, 0) is 17.8 Å². The molecule has 0 N–H and O–H groups in total. The molecule has 0 spiro atoms. The summed E-state index contributed by atoms with van der Waals surface area (Å²) >= 11 is 2.89. The highest BCUT2D eigenvalue weighted by Crippen LogP contribution is 2.23. The maximum atomic E-state index is 12.1. The van der Waals surface area contributed by atoms with Crippen molar-refractivity contribution in [1.82, 2.24) is 4.57 Å². The lowest BCUT2D eigenvalue weighted by Crippen LogP contribution is -2.16. The van der Waals surface area contributed by atoms with Crippen LogP contribution in [0.2, 0.25) is 0 Å². The molecule has 0 aliphatic carbocycles. The second kappa shape index (κ2) is 6.43. The lowest BCUT2D eigenvalue weighted by Gasteiger charge is -2.00. The predicted molar refractivity (Wildman–Crippen MR) is 90.7 cm³/mol. The lowest BCUT2D eigenvalue weighted by atomic mass is 10.3. The van der Waals surface area contributed by atoms with Crippen molar-refractivity contribution in [2.75, 3.05) is 0 Å².